The van der Waals surface area contributed by atoms with E-state index in [1.807, 2.05) is 0 Å². The molecule has 2 rings (SSSR count). The third-order valence-electron chi connectivity index (χ3n) is 3.92. The maximum Gasteiger partial charge on any atom is 1.00 e. The maximum atomic E-state index is 10.7. The van der Waals surface area contributed by atoms with Gasteiger partial charge in [-0.15, -0.1) is 0 Å². The molecule has 0 bridgehead atoms. The van der Waals surface area contributed by atoms with Gasteiger partial charge in [-0.1, -0.05) is 19.3 Å². The molecule has 1 heterocycles. The van der Waals surface area contributed by atoms with Crippen molar-refractivity contribution in [2.75, 3.05) is 26.2 Å². The number of hydrogen-bond acceptors (Lipinski definition) is 4. The predicted molar refractivity (Wildman–Crippen MR) is 63.4 cm³/mol. The molecule has 0 aromatic rings. The molecular formula is C12H23KN2O3. The summed E-state index contributed by atoms with van der Waals surface area (Å²) in [6, 6.07) is 0.409. The summed E-state index contributed by atoms with van der Waals surface area (Å²) in [7, 11) is 0. The summed E-state index contributed by atoms with van der Waals surface area (Å²) >= 11 is 0. The fourth-order valence-corrected chi connectivity index (χ4v) is 3.11. The van der Waals surface area contributed by atoms with E-state index in [2.05, 4.69) is 10.2 Å². The number of nitrogens with zero attached hydrogens (tertiary/aromatic N) is 1. The molecule has 0 aromatic heterocycles. The molecule has 5 nitrogen and oxygen atoms in total. The number of carbonyl (C=O) groups excluding carboxylic acids is 1. The molecule has 3 N–H and O–H groups in total. The summed E-state index contributed by atoms with van der Waals surface area (Å²) in [6.07, 6.45) is 6.48. The molecule has 2 aliphatic rings. The largest absolute Gasteiger partial charge is 1.00 e. The summed E-state index contributed by atoms with van der Waals surface area (Å²) in [5, 5.41) is 14.1. The van der Waals surface area contributed by atoms with E-state index in [0.29, 0.717) is 12.0 Å². The van der Waals surface area contributed by atoms with Crippen LogP contribution < -0.4 is 61.8 Å². The fourth-order valence-electron chi connectivity index (χ4n) is 3.11. The number of carboxylic acid groups (broad SMARTS) is 1. The molecule has 1 saturated heterocycles. The number of hydrogen-bond donors (Lipinski definition) is 1. The Bertz CT molecular complexity index is 247. The van der Waals surface area contributed by atoms with Gasteiger partial charge in [0.1, 0.15) is 0 Å². The van der Waals surface area contributed by atoms with E-state index in [9.17, 15) is 9.90 Å². The number of carboxylic acids is 1. The second-order valence-electron chi connectivity index (χ2n) is 5.01. The Balaban J connectivity index is 0.00000144. The van der Waals surface area contributed by atoms with Gasteiger partial charge in [0.2, 0.25) is 0 Å². The first kappa shape index (κ1) is 19.0. The number of carbonyl (C=O) groups is 1. The molecular weight excluding hydrogens is 259 g/mol. The van der Waals surface area contributed by atoms with Gasteiger partial charge >= 0.3 is 51.4 Å². The topological polar surface area (TPSA) is 86.9 Å². The second-order valence-corrected chi connectivity index (χ2v) is 5.01. The minimum atomic E-state index is -0.942. The van der Waals surface area contributed by atoms with E-state index in [-0.39, 0.29) is 63.4 Å². The van der Waals surface area contributed by atoms with Gasteiger partial charge in [0.25, 0.3) is 0 Å². The Hall–Kier alpha value is 0.986. The Labute approximate surface area is 151 Å². The second kappa shape index (κ2) is 9.82. The fraction of sp³-hybridized carbons (Fsp3) is 0.917. The van der Waals surface area contributed by atoms with Crippen molar-refractivity contribution < 1.29 is 66.8 Å². The van der Waals surface area contributed by atoms with Gasteiger partial charge in [-0.05, 0) is 18.8 Å². The number of rotatable bonds is 3. The zero-order chi connectivity index (χ0) is 11.4. The molecule has 0 aromatic carbocycles. The van der Waals surface area contributed by atoms with E-state index in [1.165, 1.54) is 32.1 Å². The van der Waals surface area contributed by atoms with Crippen molar-refractivity contribution in [1.82, 2.24) is 10.2 Å². The quantitative estimate of drug-likeness (QED) is 0.531. The van der Waals surface area contributed by atoms with Crippen LogP contribution in [0.3, 0.4) is 0 Å². The molecule has 1 atom stereocenters. The minimum absolute atomic E-state index is 0. The molecule has 0 radical (unpaired) electrons. The molecule has 18 heavy (non-hydrogen) atoms. The third kappa shape index (κ3) is 5.54. The molecule has 1 aliphatic heterocycles. The van der Waals surface area contributed by atoms with Crippen LogP contribution in [0.5, 0.6) is 0 Å². The standard InChI is InChI=1S/C12H22N2O2.K.H2O/c15-12(16)9-14-7-6-13-8-11(14)10-4-2-1-3-5-10;;/h10-11,13H,1-9H2,(H,15,16);;1H2/q;+1;/p-1. The molecule has 2 fully saturated rings. The van der Waals surface area contributed by atoms with Crippen molar-refractivity contribution in [3.05, 3.63) is 0 Å². The summed E-state index contributed by atoms with van der Waals surface area (Å²) in [4.78, 5) is 12.8. The van der Waals surface area contributed by atoms with Crippen molar-refractivity contribution in [1.29, 1.82) is 0 Å². The molecule has 6 heteroatoms. The molecule has 0 amide bonds. The van der Waals surface area contributed by atoms with E-state index in [0.717, 1.165) is 19.6 Å². The van der Waals surface area contributed by atoms with Gasteiger partial charge in [-0.25, -0.2) is 0 Å². The van der Waals surface area contributed by atoms with Crippen molar-refractivity contribution >= 4 is 5.97 Å². The molecule has 1 aliphatic carbocycles. The van der Waals surface area contributed by atoms with Crippen LogP contribution in [-0.2, 0) is 4.79 Å². The molecule has 1 saturated carbocycles. The van der Waals surface area contributed by atoms with Crippen LogP contribution >= 0.6 is 0 Å². The summed E-state index contributed by atoms with van der Waals surface area (Å²) in [5.41, 5.74) is 0. The molecule has 1 unspecified atom stereocenters. The van der Waals surface area contributed by atoms with Crippen LogP contribution in [0, 0.1) is 5.92 Å². The van der Waals surface area contributed by atoms with Gasteiger partial charge in [-0.3, -0.25) is 4.90 Å². The van der Waals surface area contributed by atoms with E-state index in [1.54, 1.807) is 0 Å². The predicted octanol–water partition coefficient (Wildman–Crippen LogP) is -4.23. The van der Waals surface area contributed by atoms with Gasteiger partial charge in [0.15, 0.2) is 0 Å². The van der Waals surface area contributed by atoms with Crippen molar-refractivity contribution in [3.63, 3.8) is 0 Å². The van der Waals surface area contributed by atoms with Crippen LogP contribution in [0.4, 0.5) is 0 Å². The number of nitrogens with one attached hydrogen (secondary N) is 1. The van der Waals surface area contributed by atoms with Crippen molar-refractivity contribution in [3.8, 4) is 0 Å². The van der Waals surface area contributed by atoms with Gasteiger partial charge in [0.05, 0.1) is 5.97 Å². The summed E-state index contributed by atoms with van der Waals surface area (Å²) in [6.45, 7) is 2.78. The van der Waals surface area contributed by atoms with Gasteiger partial charge in [0, 0.05) is 32.2 Å². The number of aliphatic carboxylic acids is 1. The van der Waals surface area contributed by atoms with Crippen LogP contribution in [0.2, 0.25) is 0 Å². The summed E-state index contributed by atoms with van der Waals surface area (Å²) < 4.78 is 0. The van der Waals surface area contributed by atoms with E-state index < -0.39 is 5.97 Å². The normalized spacial score (nSPS) is 25.9. The van der Waals surface area contributed by atoms with Crippen LogP contribution in [0.15, 0.2) is 0 Å². The minimum Gasteiger partial charge on any atom is -0.549 e. The zero-order valence-corrected chi connectivity index (χ0v) is 14.4. The van der Waals surface area contributed by atoms with Gasteiger partial charge < -0.3 is 20.7 Å². The van der Waals surface area contributed by atoms with Crippen LogP contribution in [-0.4, -0.2) is 48.6 Å². The Morgan fingerprint density at radius 2 is 1.94 bits per heavy atom. The first-order chi connectivity index (χ1) is 7.77. The van der Waals surface area contributed by atoms with E-state index in [4.69, 9.17) is 0 Å². The van der Waals surface area contributed by atoms with Crippen LogP contribution in [0.25, 0.3) is 0 Å². The maximum absolute atomic E-state index is 10.7. The molecule has 0 spiro atoms. The van der Waals surface area contributed by atoms with Crippen LogP contribution in [0.1, 0.15) is 32.1 Å². The average Bonchev–Trinajstić information content (AvgIpc) is 2.30. The number of piperazine rings is 1. The monoisotopic (exact) mass is 282 g/mol. The first-order valence-electron chi connectivity index (χ1n) is 6.42. The average molecular weight is 282 g/mol. The smallest absolute Gasteiger partial charge is 0.549 e. The molecule has 100 valence electrons. The van der Waals surface area contributed by atoms with Gasteiger partial charge in [-0.2, -0.15) is 0 Å². The Morgan fingerprint density at radius 1 is 1.28 bits per heavy atom. The van der Waals surface area contributed by atoms with Crippen molar-refractivity contribution in [2.24, 2.45) is 5.92 Å². The third-order valence-corrected chi connectivity index (χ3v) is 3.92. The summed E-state index contributed by atoms with van der Waals surface area (Å²) in [5.74, 6) is -0.261. The van der Waals surface area contributed by atoms with E-state index >= 15 is 0 Å². The SMILES string of the molecule is O.O=C([O-])CN1CCNCC1C1CCCCC1.[K+]. The first-order valence-corrected chi connectivity index (χ1v) is 6.42. The zero-order valence-electron chi connectivity index (χ0n) is 11.3. The Morgan fingerprint density at radius 3 is 2.56 bits per heavy atom. The Kier molecular flexibility index (Phi) is 10.4. The van der Waals surface area contributed by atoms with Crippen molar-refractivity contribution in [2.45, 2.75) is 38.1 Å².